The van der Waals surface area contributed by atoms with Crippen molar-refractivity contribution >= 4 is 12.6 Å². The molecule has 2 nitrogen and oxygen atoms in total. The Labute approximate surface area is 227 Å². The molecule has 0 aliphatic heterocycles. The van der Waals surface area contributed by atoms with Crippen molar-refractivity contribution < 1.29 is 9.31 Å². The molecule has 0 radical (unpaired) electrons. The van der Waals surface area contributed by atoms with E-state index in [0.29, 0.717) is 0 Å². The van der Waals surface area contributed by atoms with Crippen molar-refractivity contribution in [2.24, 2.45) is 0 Å². The Morgan fingerprint density at radius 3 is 1.30 bits per heavy atom. The van der Waals surface area contributed by atoms with Crippen molar-refractivity contribution in [1.29, 1.82) is 0 Å². The summed E-state index contributed by atoms with van der Waals surface area (Å²) in [5.41, 5.74) is 3.76. The van der Waals surface area contributed by atoms with E-state index in [0.717, 1.165) is 29.8 Å². The van der Waals surface area contributed by atoms with Crippen LogP contribution >= 0.6 is 0 Å². The van der Waals surface area contributed by atoms with Gasteiger partial charge in [-0.1, -0.05) is 133 Å². The highest BCUT2D eigenvalue weighted by molar-refractivity contribution is 6.62. The molecule has 37 heavy (non-hydrogen) atoms. The first kappa shape index (κ1) is 28.9. The van der Waals surface area contributed by atoms with Gasteiger partial charge >= 0.3 is 7.12 Å². The summed E-state index contributed by atoms with van der Waals surface area (Å²) in [6.45, 7) is 4.54. The number of hydrogen-bond donors (Lipinski definition) is 0. The van der Waals surface area contributed by atoms with Crippen molar-refractivity contribution in [3.05, 3.63) is 90.0 Å². The van der Waals surface area contributed by atoms with Crippen LogP contribution in [-0.4, -0.2) is 7.12 Å². The Balaban J connectivity index is 1.52. The van der Waals surface area contributed by atoms with Gasteiger partial charge < -0.3 is 9.31 Å². The highest BCUT2D eigenvalue weighted by Crippen LogP contribution is 2.19. The maximum atomic E-state index is 6.35. The van der Waals surface area contributed by atoms with Crippen LogP contribution in [-0.2, 0) is 12.8 Å². The van der Waals surface area contributed by atoms with E-state index in [-0.39, 0.29) is 0 Å². The molecule has 0 fully saturated rings. The average Bonchev–Trinajstić information content (AvgIpc) is 2.94. The minimum Gasteiger partial charge on any atom is -0.522 e. The molecule has 198 valence electrons. The molecule has 0 atom stereocenters. The summed E-state index contributed by atoms with van der Waals surface area (Å²) < 4.78 is 12.7. The van der Waals surface area contributed by atoms with Crippen LogP contribution in [0.2, 0.25) is 0 Å². The summed E-state index contributed by atoms with van der Waals surface area (Å²) in [7, 11) is -0.491. The van der Waals surface area contributed by atoms with Gasteiger partial charge in [0.1, 0.15) is 11.5 Å². The van der Waals surface area contributed by atoms with E-state index in [1.54, 1.807) is 0 Å². The van der Waals surface area contributed by atoms with Crippen LogP contribution in [0.15, 0.2) is 78.9 Å². The van der Waals surface area contributed by atoms with Crippen LogP contribution < -0.4 is 14.8 Å². The van der Waals surface area contributed by atoms with Crippen LogP contribution in [0.5, 0.6) is 11.5 Å². The molecule has 0 aliphatic rings. The molecule has 0 aromatic heterocycles. The third kappa shape index (κ3) is 11.5. The lowest BCUT2D eigenvalue weighted by Gasteiger charge is -2.17. The first-order valence-corrected chi connectivity index (χ1v) is 14.8. The number of aryl methyl sites for hydroxylation is 2. The van der Waals surface area contributed by atoms with Crippen molar-refractivity contribution in [3.63, 3.8) is 0 Å². The summed E-state index contributed by atoms with van der Waals surface area (Å²) in [5, 5.41) is 0. The van der Waals surface area contributed by atoms with E-state index in [2.05, 4.69) is 74.5 Å². The van der Waals surface area contributed by atoms with E-state index in [9.17, 15) is 0 Å². The van der Waals surface area contributed by atoms with Gasteiger partial charge in [-0.05, 0) is 61.1 Å². The van der Waals surface area contributed by atoms with Gasteiger partial charge in [-0.2, -0.15) is 0 Å². The predicted molar refractivity (Wildman–Crippen MR) is 160 cm³/mol. The molecule has 0 spiro atoms. The van der Waals surface area contributed by atoms with Crippen LogP contribution in [0.4, 0.5) is 0 Å². The van der Waals surface area contributed by atoms with Crippen molar-refractivity contribution in [3.8, 4) is 11.5 Å². The van der Waals surface area contributed by atoms with Gasteiger partial charge in [0.25, 0.3) is 0 Å². The smallest absolute Gasteiger partial charge is 0.522 e. The standard InChI is InChI=1S/C34H47BO2/c1-3-5-7-9-11-14-18-30-22-26-33(27-23-30)36-35(32-20-16-13-17-21-32)37-34-28-24-31(25-29-34)19-15-12-10-8-6-4-2/h13,16-17,20-29H,3-12,14-15,18-19H2,1-2H3. The first-order chi connectivity index (χ1) is 18.3. The fourth-order valence-electron chi connectivity index (χ4n) is 4.71. The second kappa shape index (κ2) is 17.7. The van der Waals surface area contributed by atoms with E-state index in [4.69, 9.17) is 9.31 Å². The maximum absolute atomic E-state index is 6.35. The fraction of sp³-hybridized carbons (Fsp3) is 0.471. The molecule has 3 aromatic carbocycles. The largest absolute Gasteiger partial charge is 0.632 e. The zero-order chi connectivity index (χ0) is 26.0. The highest BCUT2D eigenvalue weighted by Gasteiger charge is 2.26. The van der Waals surface area contributed by atoms with Crippen LogP contribution in [0.1, 0.15) is 102 Å². The molecule has 0 saturated heterocycles. The van der Waals surface area contributed by atoms with E-state index in [1.807, 2.05) is 18.2 Å². The monoisotopic (exact) mass is 498 g/mol. The molecule has 0 saturated carbocycles. The maximum Gasteiger partial charge on any atom is 0.632 e. The number of hydrogen-bond acceptors (Lipinski definition) is 2. The van der Waals surface area contributed by atoms with Crippen molar-refractivity contribution in [1.82, 2.24) is 0 Å². The molecule has 3 aromatic rings. The van der Waals surface area contributed by atoms with Crippen LogP contribution in [0, 0.1) is 0 Å². The molecular weight excluding hydrogens is 451 g/mol. The highest BCUT2D eigenvalue weighted by atomic mass is 16.6. The summed E-state index contributed by atoms with van der Waals surface area (Å²) in [6, 6.07) is 27.3. The normalized spacial score (nSPS) is 10.9. The molecule has 0 unspecified atom stereocenters. The van der Waals surface area contributed by atoms with Crippen LogP contribution in [0.25, 0.3) is 0 Å². The van der Waals surface area contributed by atoms with Crippen molar-refractivity contribution in [2.75, 3.05) is 0 Å². The molecule has 0 heterocycles. The SMILES string of the molecule is CCCCCCCCc1ccc(OB(Oc2ccc(CCCCCCCC)cc2)c2ccccc2)cc1. The van der Waals surface area contributed by atoms with E-state index in [1.165, 1.54) is 88.2 Å². The Kier molecular flexibility index (Phi) is 13.8. The zero-order valence-corrected chi connectivity index (χ0v) is 23.3. The summed E-state index contributed by atoms with van der Waals surface area (Å²) in [6.07, 6.45) is 18.2. The van der Waals surface area contributed by atoms with Crippen LogP contribution in [0.3, 0.4) is 0 Å². The third-order valence-electron chi connectivity index (χ3n) is 7.04. The third-order valence-corrected chi connectivity index (χ3v) is 7.04. The quantitative estimate of drug-likeness (QED) is 0.121. The minimum atomic E-state index is -0.491. The Morgan fingerprint density at radius 1 is 0.459 bits per heavy atom. The van der Waals surface area contributed by atoms with E-state index < -0.39 is 7.12 Å². The average molecular weight is 499 g/mol. The zero-order valence-electron chi connectivity index (χ0n) is 23.3. The first-order valence-electron chi connectivity index (χ1n) is 14.8. The molecule has 0 N–H and O–H groups in total. The van der Waals surface area contributed by atoms with Gasteiger partial charge in [-0.25, -0.2) is 0 Å². The fourth-order valence-corrected chi connectivity index (χ4v) is 4.71. The number of rotatable bonds is 19. The molecule has 3 rings (SSSR count). The lowest BCUT2D eigenvalue weighted by atomic mass is 9.78. The molecule has 0 aliphatic carbocycles. The van der Waals surface area contributed by atoms with E-state index >= 15 is 0 Å². The van der Waals surface area contributed by atoms with Crippen molar-refractivity contribution in [2.45, 2.75) is 104 Å². The van der Waals surface area contributed by atoms with Gasteiger partial charge in [0.2, 0.25) is 0 Å². The summed E-state index contributed by atoms with van der Waals surface area (Å²) >= 11 is 0. The Hall–Kier alpha value is -2.68. The van der Waals surface area contributed by atoms with Gasteiger partial charge in [0.15, 0.2) is 0 Å². The van der Waals surface area contributed by atoms with Gasteiger partial charge in [-0.3, -0.25) is 0 Å². The predicted octanol–water partition coefficient (Wildman–Crippen LogP) is 9.35. The summed E-state index contributed by atoms with van der Waals surface area (Å²) in [4.78, 5) is 0. The topological polar surface area (TPSA) is 18.5 Å². The molecular formula is C34H47BO2. The number of benzene rings is 3. The second-order valence-corrected chi connectivity index (χ2v) is 10.3. The lowest BCUT2D eigenvalue weighted by molar-refractivity contribution is 0.439. The minimum absolute atomic E-state index is 0.491. The molecule has 0 bridgehead atoms. The summed E-state index contributed by atoms with van der Waals surface area (Å²) in [5.74, 6) is 1.67. The lowest BCUT2D eigenvalue weighted by Crippen LogP contribution is -2.42. The number of unbranched alkanes of at least 4 members (excludes halogenated alkanes) is 10. The van der Waals surface area contributed by atoms with Gasteiger partial charge in [-0.15, -0.1) is 0 Å². The Bertz CT molecular complexity index is 892. The Morgan fingerprint density at radius 2 is 0.865 bits per heavy atom. The second-order valence-electron chi connectivity index (χ2n) is 10.3. The molecule has 3 heteroatoms. The van der Waals surface area contributed by atoms with Gasteiger partial charge in [0.05, 0.1) is 0 Å². The van der Waals surface area contributed by atoms with Gasteiger partial charge in [0, 0.05) is 5.46 Å². The molecule has 0 amide bonds.